The molecule has 0 aliphatic rings. The van der Waals surface area contributed by atoms with Crippen LogP contribution in [0.4, 0.5) is 11.4 Å². The summed E-state index contributed by atoms with van der Waals surface area (Å²) < 4.78 is 0. The molecule has 24 heavy (non-hydrogen) atoms. The molecule has 0 aliphatic heterocycles. The minimum absolute atomic E-state index is 0.101. The Kier molecular flexibility index (Phi) is 5.29. The van der Waals surface area contributed by atoms with E-state index in [0.29, 0.717) is 10.0 Å². The van der Waals surface area contributed by atoms with Crippen LogP contribution >= 0.6 is 23.2 Å². The van der Waals surface area contributed by atoms with Crippen molar-refractivity contribution in [3.63, 3.8) is 0 Å². The van der Waals surface area contributed by atoms with Crippen molar-refractivity contribution >= 4 is 34.6 Å². The molecule has 0 fully saturated rings. The maximum atomic E-state index is 6.19. The van der Waals surface area contributed by atoms with Gasteiger partial charge in [0.25, 0.3) is 0 Å². The summed E-state index contributed by atoms with van der Waals surface area (Å²) in [7, 11) is 0. The fourth-order valence-electron chi connectivity index (χ4n) is 2.59. The van der Waals surface area contributed by atoms with E-state index >= 15 is 0 Å². The molecule has 1 unspecified atom stereocenters. The van der Waals surface area contributed by atoms with Gasteiger partial charge in [0.2, 0.25) is 0 Å². The van der Waals surface area contributed by atoms with Gasteiger partial charge in [-0.15, -0.1) is 0 Å². The molecule has 0 spiro atoms. The van der Waals surface area contributed by atoms with Crippen molar-refractivity contribution in [1.29, 1.82) is 0 Å². The molecule has 0 amide bonds. The molecule has 3 rings (SSSR count). The van der Waals surface area contributed by atoms with Gasteiger partial charge in [-0.05, 0) is 48.9 Å². The van der Waals surface area contributed by atoms with Crippen LogP contribution in [-0.2, 0) is 0 Å². The summed E-state index contributed by atoms with van der Waals surface area (Å²) in [5, 5.41) is 3.48. The van der Waals surface area contributed by atoms with Gasteiger partial charge in [-0.25, -0.2) is 0 Å². The molecule has 0 heterocycles. The highest BCUT2D eigenvalue weighted by Crippen LogP contribution is 2.29. The third-order valence-electron chi connectivity index (χ3n) is 3.83. The first kappa shape index (κ1) is 16.7. The SMILES string of the molecule is CC(c1ccccc1)N(Nc1cccc(Cl)c1)c1cccc(Cl)c1. The van der Waals surface area contributed by atoms with E-state index < -0.39 is 0 Å². The van der Waals surface area contributed by atoms with Gasteiger partial charge in [-0.2, -0.15) is 0 Å². The maximum absolute atomic E-state index is 6.19. The lowest BCUT2D eigenvalue weighted by Crippen LogP contribution is -2.32. The van der Waals surface area contributed by atoms with Crippen molar-refractivity contribution < 1.29 is 0 Å². The third kappa shape index (κ3) is 4.02. The zero-order valence-electron chi connectivity index (χ0n) is 13.3. The first-order valence-corrected chi connectivity index (χ1v) is 8.51. The first-order chi connectivity index (χ1) is 11.6. The van der Waals surface area contributed by atoms with Crippen molar-refractivity contribution in [3.8, 4) is 0 Å². The molecule has 1 N–H and O–H groups in total. The van der Waals surface area contributed by atoms with Crippen LogP contribution in [0.2, 0.25) is 10.0 Å². The average Bonchev–Trinajstić information content (AvgIpc) is 2.60. The highest BCUT2D eigenvalue weighted by molar-refractivity contribution is 6.31. The van der Waals surface area contributed by atoms with E-state index in [9.17, 15) is 0 Å². The minimum atomic E-state index is 0.101. The minimum Gasteiger partial charge on any atom is -0.298 e. The summed E-state index contributed by atoms with van der Waals surface area (Å²) in [6.07, 6.45) is 0. The zero-order valence-corrected chi connectivity index (χ0v) is 14.8. The molecule has 0 saturated heterocycles. The molecular formula is C20H18Cl2N2. The number of nitrogens with zero attached hydrogens (tertiary/aromatic N) is 1. The number of anilines is 2. The Morgan fingerprint density at radius 3 is 2.12 bits per heavy atom. The molecule has 0 aromatic heterocycles. The second-order valence-electron chi connectivity index (χ2n) is 5.56. The van der Waals surface area contributed by atoms with Crippen LogP contribution in [0.1, 0.15) is 18.5 Å². The summed E-state index contributed by atoms with van der Waals surface area (Å²) in [6, 6.07) is 25.9. The van der Waals surface area contributed by atoms with Crippen LogP contribution in [0.25, 0.3) is 0 Å². The van der Waals surface area contributed by atoms with Crippen molar-refractivity contribution in [2.75, 3.05) is 10.4 Å². The van der Waals surface area contributed by atoms with Crippen molar-refractivity contribution in [3.05, 3.63) is 94.5 Å². The van der Waals surface area contributed by atoms with E-state index in [1.807, 2.05) is 66.7 Å². The van der Waals surface area contributed by atoms with E-state index in [2.05, 4.69) is 29.5 Å². The van der Waals surface area contributed by atoms with Gasteiger partial charge in [0, 0.05) is 10.0 Å². The van der Waals surface area contributed by atoms with Gasteiger partial charge in [0.05, 0.1) is 17.4 Å². The molecule has 4 heteroatoms. The summed E-state index contributed by atoms with van der Waals surface area (Å²) in [4.78, 5) is 0. The van der Waals surface area contributed by atoms with E-state index in [0.717, 1.165) is 11.4 Å². The summed E-state index contributed by atoms with van der Waals surface area (Å²) in [6.45, 7) is 2.15. The topological polar surface area (TPSA) is 15.3 Å². The number of hydrogen-bond acceptors (Lipinski definition) is 2. The predicted molar refractivity (Wildman–Crippen MR) is 104 cm³/mol. The zero-order chi connectivity index (χ0) is 16.9. The highest BCUT2D eigenvalue weighted by atomic mass is 35.5. The molecule has 0 bridgehead atoms. The molecule has 0 saturated carbocycles. The quantitative estimate of drug-likeness (QED) is 0.518. The van der Waals surface area contributed by atoms with E-state index in [1.165, 1.54) is 5.56 Å². The van der Waals surface area contributed by atoms with Gasteiger partial charge in [0.1, 0.15) is 0 Å². The molecule has 122 valence electrons. The lowest BCUT2D eigenvalue weighted by Gasteiger charge is -2.33. The molecule has 3 aromatic rings. The Hall–Kier alpha value is -2.16. The smallest absolute Gasteiger partial charge is 0.0725 e. The largest absolute Gasteiger partial charge is 0.298 e. The number of halogens is 2. The fourth-order valence-corrected chi connectivity index (χ4v) is 2.96. The monoisotopic (exact) mass is 356 g/mol. The lowest BCUT2D eigenvalue weighted by atomic mass is 10.1. The Morgan fingerprint density at radius 2 is 1.46 bits per heavy atom. The van der Waals surface area contributed by atoms with Gasteiger partial charge >= 0.3 is 0 Å². The number of hydrazine groups is 1. The van der Waals surface area contributed by atoms with Gasteiger partial charge in [-0.3, -0.25) is 10.4 Å². The maximum Gasteiger partial charge on any atom is 0.0725 e. The van der Waals surface area contributed by atoms with Gasteiger partial charge < -0.3 is 0 Å². The third-order valence-corrected chi connectivity index (χ3v) is 4.30. The van der Waals surface area contributed by atoms with Crippen molar-refractivity contribution in [1.82, 2.24) is 0 Å². The Bertz CT molecular complexity index is 805. The van der Waals surface area contributed by atoms with Crippen LogP contribution in [0, 0.1) is 0 Å². The molecule has 3 aromatic carbocycles. The number of benzene rings is 3. The summed E-state index contributed by atoms with van der Waals surface area (Å²) >= 11 is 12.3. The van der Waals surface area contributed by atoms with Gasteiger partial charge in [-0.1, -0.05) is 65.7 Å². The van der Waals surface area contributed by atoms with Crippen LogP contribution in [0.5, 0.6) is 0 Å². The normalized spacial score (nSPS) is 11.8. The first-order valence-electron chi connectivity index (χ1n) is 7.75. The van der Waals surface area contributed by atoms with E-state index in [1.54, 1.807) is 0 Å². The van der Waals surface area contributed by atoms with Crippen LogP contribution in [0.3, 0.4) is 0 Å². The summed E-state index contributed by atoms with van der Waals surface area (Å²) in [5.74, 6) is 0. The van der Waals surface area contributed by atoms with Crippen molar-refractivity contribution in [2.45, 2.75) is 13.0 Å². The Labute approximate surface area is 152 Å². The molecule has 0 radical (unpaired) electrons. The molecular weight excluding hydrogens is 339 g/mol. The van der Waals surface area contributed by atoms with E-state index in [-0.39, 0.29) is 6.04 Å². The fraction of sp³-hybridized carbons (Fsp3) is 0.100. The number of hydrogen-bond donors (Lipinski definition) is 1. The van der Waals surface area contributed by atoms with Crippen LogP contribution in [-0.4, -0.2) is 0 Å². The standard InChI is InChI=1S/C20H18Cl2N2/c1-15(16-7-3-2-4-8-16)24(20-12-6-10-18(22)14-20)23-19-11-5-9-17(21)13-19/h2-15,23H,1H3. The molecule has 2 nitrogen and oxygen atoms in total. The van der Waals surface area contributed by atoms with Gasteiger partial charge in [0.15, 0.2) is 0 Å². The Balaban J connectivity index is 1.97. The molecule has 1 atom stereocenters. The van der Waals surface area contributed by atoms with Crippen molar-refractivity contribution in [2.24, 2.45) is 0 Å². The van der Waals surface area contributed by atoms with Crippen LogP contribution < -0.4 is 10.4 Å². The molecule has 0 aliphatic carbocycles. The van der Waals surface area contributed by atoms with E-state index in [4.69, 9.17) is 23.2 Å². The Morgan fingerprint density at radius 1 is 0.792 bits per heavy atom. The predicted octanol–water partition coefficient (Wildman–Crippen LogP) is 6.59. The second kappa shape index (κ2) is 7.61. The summed E-state index contributed by atoms with van der Waals surface area (Å²) in [5.41, 5.74) is 6.56. The van der Waals surface area contributed by atoms with Crippen LogP contribution in [0.15, 0.2) is 78.9 Å². The average molecular weight is 357 g/mol. The number of rotatable bonds is 5. The highest BCUT2D eigenvalue weighted by Gasteiger charge is 2.17. The number of nitrogens with one attached hydrogen (secondary N) is 1. The lowest BCUT2D eigenvalue weighted by molar-refractivity contribution is 0.732. The second-order valence-corrected chi connectivity index (χ2v) is 6.43.